The summed E-state index contributed by atoms with van der Waals surface area (Å²) in [6.07, 6.45) is 2.49. The van der Waals surface area contributed by atoms with Crippen LogP contribution < -0.4 is 14.5 Å². The second kappa shape index (κ2) is 11.2. The smallest absolute Gasteiger partial charge is 0.264 e. The van der Waals surface area contributed by atoms with Crippen LogP contribution in [0.1, 0.15) is 36.5 Å². The Morgan fingerprint density at radius 2 is 1.72 bits per heavy atom. The molecular formula is C29H35N3O3S. The largest absolute Gasteiger partial charge is 0.371 e. The van der Waals surface area contributed by atoms with E-state index in [4.69, 9.17) is 0 Å². The van der Waals surface area contributed by atoms with E-state index in [2.05, 4.69) is 29.3 Å². The van der Waals surface area contributed by atoms with Crippen LogP contribution in [-0.2, 0) is 21.4 Å². The third-order valence-corrected chi connectivity index (χ3v) is 8.69. The van der Waals surface area contributed by atoms with E-state index in [-0.39, 0.29) is 17.3 Å². The van der Waals surface area contributed by atoms with Gasteiger partial charge in [-0.25, -0.2) is 8.42 Å². The van der Waals surface area contributed by atoms with E-state index in [1.807, 2.05) is 38.1 Å². The van der Waals surface area contributed by atoms with Crippen LogP contribution in [0.2, 0.25) is 0 Å². The maximum atomic E-state index is 13.6. The van der Waals surface area contributed by atoms with Gasteiger partial charge in [0.05, 0.1) is 10.6 Å². The van der Waals surface area contributed by atoms with Crippen molar-refractivity contribution in [3.63, 3.8) is 0 Å². The fourth-order valence-electron chi connectivity index (χ4n) is 4.66. The lowest BCUT2D eigenvalue weighted by Gasteiger charge is -2.32. The Bertz CT molecular complexity index is 1290. The molecule has 1 saturated heterocycles. The van der Waals surface area contributed by atoms with Gasteiger partial charge in [-0.15, -0.1) is 0 Å². The Labute approximate surface area is 215 Å². The molecule has 36 heavy (non-hydrogen) atoms. The van der Waals surface area contributed by atoms with E-state index in [1.54, 1.807) is 36.4 Å². The van der Waals surface area contributed by atoms with Gasteiger partial charge in [-0.05, 0) is 79.6 Å². The predicted molar refractivity (Wildman–Crippen MR) is 146 cm³/mol. The minimum atomic E-state index is -3.93. The van der Waals surface area contributed by atoms with Crippen molar-refractivity contribution >= 4 is 27.3 Å². The molecule has 0 aliphatic carbocycles. The van der Waals surface area contributed by atoms with Crippen LogP contribution in [0.4, 0.5) is 11.4 Å². The molecule has 1 atom stereocenters. The number of nitrogens with one attached hydrogen (secondary N) is 1. The van der Waals surface area contributed by atoms with Gasteiger partial charge in [0.15, 0.2) is 0 Å². The molecular weight excluding hydrogens is 470 g/mol. The highest BCUT2D eigenvalue weighted by Crippen LogP contribution is 2.28. The van der Waals surface area contributed by atoms with E-state index in [9.17, 15) is 13.2 Å². The maximum absolute atomic E-state index is 13.6. The minimum absolute atomic E-state index is 0.154. The Hall–Kier alpha value is -3.32. The van der Waals surface area contributed by atoms with Gasteiger partial charge in [0.1, 0.15) is 6.54 Å². The summed E-state index contributed by atoms with van der Waals surface area (Å²) in [6.45, 7) is 8.27. The van der Waals surface area contributed by atoms with Crippen molar-refractivity contribution in [1.29, 1.82) is 0 Å². The first-order valence-corrected chi connectivity index (χ1v) is 13.9. The van der Waals surface area contributed by atoms with Crippen molar-refractivity contribution in [1.82, 2.24) is 5.32 Å². The molecule has 1 aliphatic heterocycles. The Balaban J connectivity index is 1.48. The van der Waals surface area contributed by atoms with Gasteiger partial charge < -0.3 is 10.2 Å². The molecule has 7 heteroatoms. The summed E-state index contributed by atoms with van der Waals surface area (Å²) in [5.74, 6) is 0.342. The first-order valence-electron chi connectivity index (χ1n) is 12.5. The SMILES string of the molecule is Cc1cccc(N(CC(=O)NCc2ccc(N3CCCC(C)C3)cc2)S(=O)(=O)c2ccccc2)c1C. The number of carbonyl (C=O) groups is 1. The highest BCUT2D eigenvalue weighted by molar-refractivity contribution is 7.92. The van der Waals surface area contributed by atoms with Gasteiger partial charge in [-0.3, -0.25) is 9.10 Å². The van der Waals surface area contributed by atoms with Crippen molar-refractivity contribution in [3.05, 3.63) is 89.5 Å². The van der Waals surface area contributed by atoms with E-state index in [1.165, 1.54) is 22.8 Å². The number of carbonyl (C=O) groups excluding carboxylic acids is 1. The highest BCUT2D eigenvalue weighted by Gasteiger charge is 2.28. The van der Waals surface area contributed by atoms with Crippen molar-refractivity contribution in [3.8, 4) is 0 Å². The summed E-state index contributed by atoms with van der Waals surface area (Å²) in [4.78, 5) is 15.6. The molecule has 1 aliphatic rings. The fourth-order valence-corrected chi connectivity index (χ4v) is 6.16. The first-order chi connectivity index (χ1) is 17.3. The number of rotatable bonds is 8. The Kier molecular flexibility index (Phi) is 7.99. The number of anilines is 2. The number of hydrogen-bond donors (Lipinski definition) is 1. The molecule has 3 aromatic rings. The average Bonchev–Trinajstić information content (AvgIpc) is 2.88. The summed E-state index contributed by atoms with van der Waals surface area (Å²) >= 11 is 0. The quantitative estimate of drug-likeness (QED) is 0.465. The molecule has 1 unspecified atom stereocenters. The monoisotopic (exact) mass is 505 g/mol. The van der Waals surface area contributed by atoms with Gasteiger partial charge in [0, 0.05) is 25.3 Å². The number of amides is 1. The standard InChI is InChI=1S/C29H35N3O3S/c1-22-9-8-18-31(20-22)26-16-14-25(15-17-26)19-30-29(33)21-32(28-13-7-10-23(2)24(28)3)36(34,35)27-11-5-4-6-12-27/h4-7,10-17,22H,8-9,18-21H2,1-3H3,(H,30,33). The van der Waals surface area contributed by atoms with Gasteiger partial charge >= 0.3 is 0 Å². The summed E-state index contributed by atoms with van der Waals surface area (Å²) in [6, 6.07) is 22.0. The highest BCUT2D eigenvalue weighted by atomic mass is 32.2. The van der Waals surface area contributed by atoms with Crippen molar-refractivity contribution in [2.45, 2.75) is 45.1 Å². The summed E-state index contributed by atoms with van der Waals surface area (Å²) in [7, 11) is -3.93. The van der Waals surface area contributed by atoms with Crippen LogP contribution in [0.5, 0.6) is 0 Å². The molecule has 190 valence electrons. The third kappa shape index (κ3) is 5.90. The van der Waals surface area contributed by atoms with Crippen molar-refractivity contribution in [2.75, 3.05) is 28.8 Å². The number of benzene rings is 3. The normalized spacial score (nSPS) is 16.0. The fraction of sp³-hybridized carbons (Fsp3) is 0.345. The predicted octanol–water partition coefficient (Wildman–Crippen LogP) is 5.05. The Morgan fingerprint density at radius 3 is 2.42 bits per heavy atom. The van der Waals surface area contributed by atoms with E-state index < -0.39 is 10.0 Å². The van der Waals surface area contributed by atoms with Crippen LogP contribution in [-0.4, -0.2) is 34.0 Å². The number of aryl methyl sites for hydroxylation is 1. The lowest BCUT2D eigenvalue weighted by atomic mass is 9.99. The lowest BCUT2D eigenvalue weighted by molar-refractivity contribution is -0.119. The molecule has 1 fully saturated rings. The zero-order chi connectivity index (χ0) is 25.7. The number of nitrogens with zero attached hydrogens (tertiary/aromatic N) is 2. The summed E-state index contributed by atoms with van der Waals surface area (Å²) in [5, 5.41) is 2.90. The summed E-state index contributed by atoms with van der Waals surface area (Å²) in [5.41, 5.74) is 4.47. The molecule has 3 aromatic carbocycles. The van der Waals surface area contributed by atoms with Gasteiger partial charge in [-0.1, -0.05) is 49.4 Å². The van der Waals surface area contributed by atoms with E-state index >= 15 is 0 Å². The van der Waals surface area contributed by atoms with Crippen LogP contribution in [0.3, 0.4) is 0 Å². The maximum Gasteiger partial charge on any atom is 0.264 e. The van der Waals surface area contributed by atoms with Crippen molar-refractivity contribution < 1.29 is 13.2 Å². The Morgan fingerprint density at radius 1 is 1.00 bits per heavy atom. The zero-order valence-electron chi connectivity index (χ0n) is 21.3. The molecule has 4 rings (SSSR count). The second-order valence-electron chi connectivity index (χ2n) is 9.68. The van der Waals surface area contributed by atoms with Crippen LogP contribution in [0, 0.1) is 19.8 Å². The third-order valence-electron chi connectivity index (χ3n) is 6.91. The zero-order valence-corrected chi connectivity index (χ0v) is 22.1. The molecule has 0 spiro atoms. The van der Waals surface area contributed by atoms with Crippen LogP contribution in [0.25, 0.3) is 0 Å². The summed E-state index contributed by atoms with van der Waals surface area (Å²) < 4.78 is 28.3. The molecule has 1 N–H and O–H groups in total. The topological polar surface area (TPSA) is 69.7 Å². The molecule has 6 nitrogen and oxygen atoms in total. The first kappa shape index (κ1) is 25.8. The molecule has 1 heterocycles. The number of hydrogen-bond acceptors (Lipinski definition) is 4. The second-order valence-corrected chi connectivity index (χ2v) is 11.5. The van der Waals surface area contributed by atoms with E-state index in [0.717, 1.165) is 29.8 Å². The van der Waals surface area contributed by atoms with Crippen LogP contribution in [0.15, 0.2) is 77.7 Å². The van der Waals surface area contributed by atoms with E-state index in [0.29, 0.717) is 18.2 Å². The number of sulfonamides is 1. The number of piperidine rings is 1. The average molecular weight is 506 g/mol. The molecule has 0 bridgehead atoms. The molecule has 1 amide bonds. The van der Waals surface area contributed by atoms with Gasteiger partial charge in [0.2, 0.25) is 5.91 Å². The molecule has 0 aromatic heterocycles. The van der Waals surface area contributed by atoms with Gasteiger partial charge in [-0.2, -0.15) is 0 Å². The molecule has 0 radical (unpaired) electrons. The lowest BCUT2D eigenvalue weighted by Crippen LogP contribution is -2.41. The van der Waals surface area contributed by atoms with Crippen molar-refractivity contribution in [2.24, 2.45) is 5.92 Å². The minimum Gasteiger partial charge on any atom is -0.371 e. The molecule has 0 saturated carbocycles. The van der Waals surface area contributed by atoms with Gasteiger partial charge in [0.25, 0.3) is 10.0 Å². The van der Waals surface area contributed by atoms with Crippen LogP contribution >= 0.6 is 0 Å².